The first-order valence-corrected chi connectivity index (χ1v) is 6.95. The highest BCUT2D eigenvalue weighted by Gasteiger charge is 2.29. The fraction of sp³-hybridized carbons (Fsp3) is 0.235. The van der Waals surface area contributed by atoms with Gasteiger partial charge in [0.2, 0.25) is 5.91 Å². The molecule has 2 aromatic carbocycles. The van der Waals surface area contributed by atoms with Gasteiger partial charge in [-0.2, -0.15) is 0 Å². The summed E-state index contributed by atoms with van der Waals surface area (Å²) in [5.74, 6) is 0.800. The van der Waals surface area contributed by atoms with Crippen LogP contribution in [0, 0.1) is 0 Å². The number of hydrogen-bond acceptors (Lipinski definition) is 3. The lowest BCUT2D eigenvalue weighted by Crippen LogP contribution is -2.39. The molecule has 1 N–H and O–H groups in total. The normalized spacial score (nSPS) is 16.0. The number of fused-ring (bicyclic) bond motifs is 1. The van der Waals surface area contributed by atoms with E-state index in [2.05, 4.69) is 11.4 Å². The summed E-state index contributed by atoms with van der Waals surface area (Å²) in [5, 5.41) is 3.29. The minimum Gasteiger partial charge on any atom is -0.497 e. The van der Waals surface area contributed by atoms with Crippen LogP contribution in [0.25, 0.3) is 0 Å². The van der Waals surface area contributed by atoms with Crippen LogP contribution in [-0.4, -0.2) is 26.1 Å². The number of methoxy groups -OCH3 is 1. The summed E-state index contributed by atoms with van der Waals surface area (Å²) in [6.45, 7) is 0. The fourth-order valence-corrected chi connectivity index (χ4v) is 2.63. The number of benzene rings is 2. The average molecular weight is 282 g/mol. The van der Waals surface area contributed by atoms with E-state index < -0.39 is 0 Å². The van der Waals surface area contributed by atoms with E-state index in [0.29, 0.717) is 0 Å². The molecule has 0 bridgehead atoms. The van der Waals surface area contributed by atoms with Gasteiger partial charge in [-0.05, 0) is 23.8 Å². The second-order valence-corrected chi connectivity index (χ2v) is 5.16. The average Bonchev–Trinajstić information content (AvgIpc) is 2.97. The number of ether oxygens (including phenoxy) is 1. The molecule has 1 amide bonds. The third-order valence-electron chi connectivity index (χ3n) is 3.84. The first-order valence-electron chi connectivity index (χ1n) is 6.95. The zero-order chi connectivity index (χ0) is 14.8. The van der Waals surface area contributed by atoms with E-state index in [1.54, 1.807) is 19.1 Å². The zero-order valence-corrected chi connectivity index (χ0v) is 12.2. The van der Waals surface area contributed by atoms with Gasteiger partial charge in [0.05, 0.1) is 7.11 Å². The number of likely N-dealkylation sites (N-methyl/N-ethyl adjacent to an activating group) is 1. The molecule has 21 heavy (non-hydrogen) atoms. The van der Waals surface area contributed by atoms with Crippen LogP contribution < -0.4 is 15.0 Å². The number of para-hydroxylation sites is 1. The predicted molar refractivity (Wildman–Crippen MR) is 84.0 cm³/mol. The van der Waals surface area contributed by atoms with Gasteiger partial charge in [0.15, 0.2) is 0 Å². The maximum Gasteiger partial charge on any atom is 0.249 e. The van der Waals surface area contributed by atoms with Gasteiger partial charge < -0.3 is 15.0 Å². The van der Waals surface area contributed by atoms with Crippen molar-refractivity contribution in [2.45, 2.75) is 12.5 Å². The van der Waals surface area contributed by atoms with Gasteiger partial charge in [-0.15, -0.1) is 0 Å². The summed E-state index contributed by atoms with van der Waals surface area (Å²) in [6.07, 6.45) is 0.726. The lowest BCUT2D eigenvalue weighted by molar-refractivity contribution is -0.118. The van der Waals surface area contributed by atoms with Crippen molar-refractivity contribution in [1.29, 1.82) is 0 Å². The summed E-state index contributed by atoms with van der Waals surface area (Å²) in [4.78, 5) is 14.3. The lowest BCUT2D eigenvalue weighted by Gasteiger charge is -2.22. The van der Waals surface area contributed by atoms with Crippen LogP contribution in [0.5, 0.6) is 5.75 Å². The van der Waals surface area contributed by atoms with Gasteiger partial charge in [-0.3, -0.25) is 4.79 Å². The van der Waals surface area contributed by atoms with Gasteiger partial charge in [0, 0.05) is 30.9 Å². The molecule has 1 aliphatic rings. The number of carbonyl (C=O) groups excluding carboxylic acids is 1. The Hall–Kier alpha value is -2.49. The van der Waals surface area contributed by atoms with E-state index >= 15 is 0 Å². The second-order valence-electron chi connectivity index (χ2n) is 5.16. The standard InChI is InChI=1S/C17H18N2O2/c1-19(13-7-5-8-14(11-13)21-2)17(20)16-10-12-6-3-4-9-15(12)18-16/h3-9,11,16,18H,10H2,1-2H3/t16-/m0/s1. The molecular weight excluding hydrogens is 264 g/mol. The van der Waals surface area contributed by atoms with Crippen molar-refractivity contribution >= 4 is 17.3 Å². The summed E-state index contributed by atoms with van der Waals surface area (Å²) in [7, 11) is 3.41. The highest BCUT2D eigenvalue weighted by molar-refractivity contribution is 5.99. The molecule has 4 nitrogen and oxygen atoms in total. The summed E-state index contributed by atoms with van der Waals surface area (Å²) in [5.41, 5.74) is 3.07. The highest BCUT2D eigenvalue weighted by Crippen LogP contribution is 2.27. The fourth-order valence-electron chi connectivity index (χ4n) is 2.63. The minimum absolute atomic E-state index is 0.0550. The number of carbonyl (C=O) groups is 1. The Morgan fingerprint density at radius 3 is 2.81 bits per heavy atom. The third-order valence-corrected chi connectivity index (χ3v) is 3.84. The minimum atomic E-state index is -0.210. The van der Waals surface area contributed by atoms with Crippen LogP contribution in [-0.2, 0) is 11.2 Å². The van der Waals surface area contributed by atoms with Gasteiger partial charge in [-0.1, -0.05) is 24.3 Å². The van der Waals surface area contributed by atoms with Crippen LogP contribution >= 0.6 is 0 Å². The number of nitrogens with zero attached hydrogens (tertiary/aromatic N) is 1. The second kappa shape index (κ2) is 5.48. The van der Waals surface area contributed by atoms with Crippen LogP contribution in [0.3, 0.4) is 0 Å². The first kappa shape index (κ1) is 13.5. The maximum absolute atomic E-state index is 12.6. The number of anilines is 2. The zero-order valence-electron chi connectivity index (χ0n) is 12.2. The molecule has 0 aliphatic carbocycles. The Bertz CT molecular complexity index is 644. The third kappa shape index (κ3) is 2.57. The van der Waals surface area contributed by atoms with Crippen LogP contribution in [0.4, 0.5) is 11.4 Å². The smallest absolute Gasteiger partial charge is 0.249 e. The molecule has 1 aliphatic heterocycles. The molecule has 1 heterocycles. The van der Waals surface area contributed by atoms with E-state index in [4.69, 9.17) is 4.74 Å². The Labute approximate surface area is 124 Å². The Balaban J connectivity index is 1.77. The Morgan fingerprint density at radius 2 is 2.05 bits per heavy atom. The van der Waals surface area contributed by atoms with Gasteiger partial charge in [-0.25, -0.2) is 0 Å². The number of amides is 1. The molecule has 0 saturated carbocycles. The van der Waals surface area contributed by atoms with Crippen molar-refractivity contribution in [2.24, 2.45) is 0 Å². The molecule has 108 valence electrons. The van der Waals surface area contributed by atoms with Gasteiger partial charge in [0.1, 0.15) is 11.8 Å². The molecular formula is C17H18N2O2. The molecule has 1 atom stereocenters. The number of nitrogens with one attached hydrogen (secondary N) is 1. The van der Waals surface area contributed by atoms with Crippen LogP contribution in [0.1, 0.15) is 5.56 Å². The van der Waals surface area contributed by atoms with Crippen LogP contribution in [0.2, 0.25) is 0 Å². The Morgan fingerprint density at radius 1 is 1.24 bits per heavy atom. The summed E-state index contributed by atoms with van der Waals surface area (Å²) in [6, 6.07) is 15.3. The molecule has 0 aromatic heterocycles. The monoisotopic (exact) mass is 282 g/mol. The molecule has 3 rings (SSSR count). The van der Waals surface area contributed by atoms with Gasteiger partial charge >= 0.3 is 0 Å². The van der Waals surface area contributed by atoms with E-state index in [-0.39, 0.29) is 11.9 Å². The Kier molecular flexibility index (Phi) is 3.52. The number of rotatable bonds is 3. The van der Waals surface area contributed by atoms with Crippen molar-refractivity contribution < 1.29 is 9.53 Å². The lowest BCUT2D eigenvalue weighted by atomic mass is 10.1. The first-order chi connectivity index (χ1) is 10.2. The van der Waals surface area contributed by atoms with Crippen molar-refractivity contribution in [2.75, 3.05) is 24.4 Å². The quantitative estimate of drug-likeness (QED) is 0.941. The van der Waals surface area contributed by atoms with E-state index in [1.165, 1.54) is 5.56 Å². The molecule has 0 spiro atoms. The molecule has 4 heteroatoms. The van der Waals surface area contributed by atoms with Gasteiger partial charge in [0.25, 0.3) is 0 Å². The van der Waals surface area contributed by atoms with E-state index in [0.717, 1.165) is 23.5 Å². The molecule has 2 aromatic rings. The van der Waals surface area contributed by atoms with Crippen molar-refractivity contribution in [1.82, 2.24) is 0 Å². The molecule has 0 fully saturated rings. The predicted octanol–water partition coefficient (Wildman–Crippen LogP) is 2.69. The summed E-state index contributed by atoms with van der Waals surface area (Å²) < 4.78 is 5.21. The maximum atomic E-state index is 12.6. The van der Waals surface area contributed by atoms with Crippen molar-refractivity contribution in [3.05, 3.63) is 54.1 Å². The molecule has 0 radical (unpaired) electrons. The highest BCUT2D eigenvalue weighted by atomic mass is 16.5. The van der Waals surface area contributed by atoms with E-state index in [1.807, 2.05) is 42.5 Å². The van der Waals surface area contributed by atoms with Crippen molar-refractivity contribution in [3.63, 3.8) is 0 Å². The van der Waals surface area contributed by atoms with E-state index in [9.17, 15) is 4.79 Å². The largest absolute Gasteiger partial charge is 0.497 e. The topological polar surface area (TPSA) is 41.6 Å². The van der Waals surface area contributed by atoms with Crippen molar-refractivity contribution in [3.8, 4) is 5.75 Å². The molecule has 0 unspecified atom stereocenters. The SMILES string of the molecule is COc1cccc(N(C)C(=O)[C@@H]2Cc3ccccc3N2)c1. The van der Waals surface area contributed by atoms with Crippen LogP contribution in [0.15, 0.2) is 48.5 Å². The molecule has 0 saturated heterocycles. The number of hydrogen-bond donors (Lipinski definition) is 1. The summed E-state index contributed by atoms with van der Waals surface area (Å²) >= 11 is 0.